The zero-order chi connectivity index (χ0) is 12.4. The molecule has 4 N–H and O–H groups in total. The Labute approximate surface area is 100 Å². The van der Waals surface area contributed by atoms with Crippen molar-refractivity contribution in [3.63, 3.8) is 0 Å². The molecule has 92 valence electrons. The van der Waals surface area contributed by atoms with Crippen molar-refractivity contribution >= 4 is 11.7 Å². The van der Waals surface area contributed by atoms with Crippen molar-refractivity contribution in [1.29, 1.82) is 0 Å². The second-order valence-corrected chi connectivity index (χ2v) is 4.57. The Morgan fingerprint density at radius 2 is 2.35 bits per heavy atom. The molecule has 0 saturated heterocycles. The Balaban J connectivity index is 1.94. The van der Waals surface area contributed by atoms with E-state index in [9.17, 15) is 9.90 Å². The van der Waals surface area contributed by atoms with E-state index >= 15 is 0 Å². The quantitative estimate of drug-likeness (QED) is 0.730. The minimum atomic E-state index is -0.196. The zero-order valence-corrected chi connectivity index (χ0v) is 9.81. The van der Waals surface area contributed by atoms with Gasteiger partial charge in [-0.2, -0.15) is 0 Å². The number of nitrogens with one attached hydrogen (secondary N) is 1. The molecule has 1 heterocycles. The molecule has 1 saturated carbocycles. The molecule has 1 aliphatic rings. The number of aryl methyl sites for hydroxylation is 1. The molecule has 1 fully saturated rings. The van der Waals surface area contributed by atoms with Gasteiger partial charge in [-0.05, 0) is 37.8 Å². The van der Waals surface area contributed by atoms with Gasteiger partial charge < -0.3 is 16.2 Å². The first-order valence-electron chi connectivity index (χ1n) is 5.78. The van der Waals surface area contributed by atoms with Crippen molar-refractivity contribution in [2.75, 3.05) is 5.32 Å². The van der Waals surface area contributed by atoms with Crippen LogP contribution in [0.15, 0.2) is 12.1 Å². The molecule has 1 aliphatic carbocycles. The standard InChI is InChI=1S/C12H17N3O2/c1-7-2-5-10(16)12(14-7)15-11(17)6-9(13)8-3-4-8/h2,5,8-9,16H,3-4,6,13H2,1H3,(H,14,15,17). The summed E-state index contributed by atoms with van der Waals surface area (Å²) in [7, 11) is 0. The van der Waals surface area contributed by atoms with Gasteiger partial charge in [-0.1, -0.05) is 0 Å². The molecule has 2 rings (SSSR count). The van der Waals surface area contributed by atoms with Crippen molar-refractivity contribution < 1.29 is 9.90 Å². The number of pyridine rings is 1. The van der Waals surface area contributed by atoms with Gasteiger partial charge in [0.05, 0.1) is 0 Å². The molecule has 17 heavy (non-hydrogen) atoms. The third-order valence-corrected chi connectivity index (χ3v) is 2.92. The van der Waals surface area contributed by atoms with Crippen LogP contribution < -0.4 is 11.1 Å². The van der Waals surface area contributed by atoms with Crippen LogP contribution >= 0.6 is 0 Å². The van der Waals surface area contributed by atoms with Crippen LogP contribution in [0.3, 0.4) is 0 Å². The SMILES string of the molecule is Cc1ccc(O)c(NC(=O)CC(N)C2CC2)n1. The number of nitrogens with zero attached hydrogens (tertiary/aromatic N) is 1. The van der Waals surface area contributed by atoms with Gasteiger partial charge in [0.15, 0.2) is 11.6 Å². The number of anilines is 1. The van der Waals surface area contributed by atoms with E-state index in [1.165, 1.54) is 6.07 Å². The summed E-state index contributed by atoms with van der Waals surface area (Å²) in [6.07, 6.45) is 2.50. The molecule has 1 unspecified atom stereocenters. The zero-order valence-electron chi connectivity index (χ0n) is 9.81. The lowest BCUT2D eigenvalue weighted by Crippen LogP contribution is -2.29. The molecule has 1 atom stereocenters. The van der Waals surface area contributed by atoms with Crippen molar-refractivity contribution in [1.82, 2.24) is 4.98 Å². The van der Waals surface area contributed by atoms with E-state index in [4.69, 9.17) is 5.73 Å². The predicted molar refractivity (Wildman–Crippen MR) is 64.6 cm³/mol. The molecular formula is C12H17N3O2. The number of hydrogen-bond acceptors (Lipinski definition) is 4. The first-order valence-corrected chi connectivity index (χ1v) is 5.78. The van der Waals surface area contributed by atoms with Gasteiger partial charge in [0.25, 0.3) is 0 Å². The minimum absolute atomic E-state index is 0.0241. The Kier molecular flexibility index (Phi) is 3.28. The molecule has 0 aliphatic heterocycles. The van der Waals surface area contributed by atoms with E-state index in [0.29, 0.717) is 5.92 Å². The fraction of sp³-hybridized carbons (Fsp3) is 0.500. The summed E-state index contributed by atoms with van der Waals surface area (Å²) in [6, 6.07) is 3.11. The topological polar surface area (TPSA) is 88.2 Å². The van der Waals surface area contributed by atoms with E-state index in [1.807, 2.05) is 0 Å². The summed E-state index contributed by atoms with van der Waals surface area (Å²) in [4.78, 5) is 15.7. The van der Waals surface area contributed by atoms with Crippen LogP contribution in [0.2, 0.25) is 0 Å². The largest absolute Gasteiger partial charge is 0.504 e. The van der Waals surface area contributed by atoms with E-state index in [1.54, 1.807) is 13.0 Å². The smallest absolute Gasteiger partial charge is 0.227 e. The molecule has 0 bridgehead atoms. The van der Waals surface area contributed by atoms with Crippen molar-refractivity contribution in [3.05, 3.63) is 17.8 Å². The summed E-state index contributed by atoms with van der Waals surface area (Å²) < 4.78 is 0. The Bertz CT molecular complexity index is 430. The molecule has 5 nitrogen and oxygen atoms in total. The third kappa shape index (κ3) is 3.17. The average molecular weight is 235 g/mol. The molecular weight excluding hydrogens is 218 g/mol. The van der Waals surface area contributed by atoms with Gasteiger partial charge in [-0.25, -0.2) is 4.98 Å². The van der Waals surface area contributed by atoms with Gasteiger partial charge in [-0.15, -0.1) is 0 Å². The van der Waals surface area contributed by atoms with E-state index in [2.05, 4.69) is 10.3 Å². The number of aromatic hydroxyl groups is 1. The van der Waals surface area contributed by atoms with Crippen LogP contribution in [-0.4, -0.2) is 22.0 Å². The normalized spacial score (nSPS) is 16.6. The van der Waals surface area contributed by atoms with Crippen LogP contribution in [0.25, 0.3) is 0 Å². The fourth-order valence-corrected chi connectivity index (χ4v) is 1.73. The summed E-state index contributed by atoms with van der Waals surface area (Å²) in [5, 5.41) is 12.1. The summed E-state index contributed by atoms with van der Waals surface area (Å²) in [5.41, 5.74) is 6.60. The summed E-state index contributed by atoms with van der Waals surface area (Å²) in [5.74, 6) is 0.472. The van der Waals surface area contributed by atoms with Crippen molar-refractivity contribution in [2.24, 2.45) is 11.7 Å². The maximum absolute atomic E-state index is 11.7. The highest BCUT2D eigenvalue weighted by Crippen LogP contribution is 2.33. The lowest BCUT2D eigenvalue weighted by atomic mass is 10.1. The number of aromatic nitrogens is 1. The molecule has 1 aromatic heterocycles. The average Bonchev–Trinajstić information content (AvgIpc) is 3.06. The molecule has 1 amide bonds. The maximum Gasteiger partial charge on any atom is 0.227 e. The monoisotopic (exact) mass is 235 g/mol. The molecule has 0 radical (unpaired) electrons. The van der Waals surface area contributed by atoms with Crippen LogP contribution in [-0.2, 0) is 4.79 Å². The van der Waals surface area contributed by atoms with Gasteiger partial charge >= 0.3 is 0 Å². The van der Waals surface area contributed by atoms with E-state index < -0.39 is 0 Å². The van der Waals surface area contributed by atoms with Gasteiger partial charge in [0, 0.05) is 18.2 Å². The highest BCUT2D eigenvalue weighted by molar-refractivity contribution is 5.91. The highest BCUT2D eigenvalue weighted by Gasteiger charge is 2.29. The van der Waals surface area contributed by atoms with E-state index in [-0.39, 0.29) is 29.9 Å². The second-order valence-electron chi connectivity index (χ2n) is 4.57. The van der Waals surface area contributed by atoms with E-state index in [0.717, 1.165) is 18.5 Å². The van der Waals surface area contributed by atoms with Gasteiger partial charge in [0.2, 0.25) is 5.91 Å². The number of rotatable bonds is 4. The van der Waals surface area contributed by atoms with Crippen LogP contribution in [0.4, 0.5) is 5.82 Å². The maximum atomic E-state index is 11.7. The van der Waals surface area contributed by atoms with Crippen molar-refractivity contribution in [2.45, 2.75) is 32.2 Å². The van der Waals surface area contributed by atoms with Gasteiger partial charge in [0.1, 0.15) is 0 Å². The number of nitrogens with two attached hydrogens (primary N) is 1. The Morgan fingerprint density at radius 3 is 3.00 bits per heavy atom. The number of hydrogen-bond donors (Lipinski definition) is 3. The molecule has 0 spiro atoms. The summed E-state index contributed by atoms with van der Waals surface area (Å²) in [6.45, 7) is 1.80. The molecule has 0 aromatic carbocycles. The first kappa shape index (κ1) is 11.9. The minimum Gasteiger partial charge on any atom is -0.504 e. The predicted octanol–water partition coefficient (Wildman–Crippen LogP) is 1.16. The lowest BCUT2D eigenvalue weighted by Gasteiger charge is -2.11. The third-order valence-electron chi connectivity index (χ3n) is 2.92. The highest BCUT2D eigenvalue weighted by atomic mass is 16.3. The lowest BCUT2D eigenvalue weighted by molar-refractivity contribution is -0.116. The van der Waals surface area contributed by atoms with Crippen LogP contribution in [0, 0.1) is 12.8 Å². The molecule has 1 aromatic rings. The van der Waals surface area contributed by atoms with Crippen molar-refractivity contribution in [3.8, 4) is 5.75 Å². The first-order chi connectivity index (χ1) is 8.06. The number of carbonyl (C=O) groups excluding carboxylic acids is 1. The fourth-order valence-electron chi connectivity index (χ4n) is 1.73. The number of amides is 1. The van der Waals surface area contributed by atoms with Gasteiger partial charge in [-0.3, -0.25) is 4.79 Å². The summed E-state index contributed by atoms with van der Waals surface area (Å²) >= 11 is 0. The molecule has 5 heteroatoms. The Hall–Kier alpha value is -1.62. The second kappa shape index (κ2) is 4.71. The number of carbonyl (C=O) groups is 1. The van der Waals surface area contributed by atoms with Crippen LogP contribution in [0.1, 0.15) is 25.0 Å². The van der Waals surface area contributed by atoms with Crippen LogP contribution in [0.5, 0.6) is 5.75 Å². The Morgan fingerprint density at radius 1 is 1.65 bits per heavy atom.